The third-order valence-electron chi connectivity index (χ3n) is 4.07. The highest BCUT2D eigenvalue weighted by molar-refractivity contribution is 5.78. The summed E-state index contributed by atoms with van der Waals surface area (Å²) >= 11 is 0. The van der Waals surface area contributed by atoms with Gasteiger partial charge in [-0.2, -0.15) is 0 Å². The first kappa shape index (κ1) is 15.3. The summed E-state index contributed by atoms with van der Waals surface area (Å²) in [5.74, 6) is 0.550. The second kappa shape index (κ2) is 8.25. The van der Waals surface area contributed by atoms with Gasteiger partial charge >= 0.3 is 0 Å². The molecular formula is C15H26N2O3. The van der Waals surface area contributed by atoms with Gasteiger partial charge in [0.25, 0.3) is 0 Å². The monoisotopic (exact) mass is 282 g/mol. The second-order valence-electron chi connectivity index (χ2n) is 5.64. The molecule has 0 aliphatic carbocycles. The number of ether oxygens (including phenoxy) is 1. The van der Waals surface area contributed by atoms with Crippen LogP contribution in [0.4, 0.5) is 0 Å². The van der Waals surface area contributed by atoms with Crippen LogP contribution in [-0.4, -0.2) is 61.0 Å². The summed E-state index contributed by atoms with van der Waals surface area (Å²) in [6.45, 7) is 4.58. The SMILES string of the molecule is O=C1CCCN1CCCOCCN1CCCCCC1=O. The molecule has 2 amide bonds. The Labute approximate surface area is 121 Å². The van der Waals surface area contributed by atoms with Crippen LogP contribution >= 0.6 is 0 Å². The molecule has 2 aliphatic rings. The van der Waals surface area contributed by atoms with Crippen LogP contribution in [0.2, 0.25) is 0 Å². The van der Waals surface area contributed by atoms with E-state index in [4.69, 9.17) is 4.74 Å². The molecule has 2 aliphatic heterocycles. The van der Waals surface area contributed by atoms with Crippen molar-refractivity contribution >= 4 is 11.8 Å². The quantitative estimate of drug-likeness (QED) is 0.664. The van der Waals surface area contributed by atoms with Crippen molar-refractivity contribution in [2.45, 2.75) is 44.9 Å². The summed E-state index contributed by atoms with van der Waals surface area (Å²) in [5, 5.41) is 0. The topological polar surface area (TPSA) is 49.9 Å². The summed E-state index contributed by atoms with van der Waals surface area (Å²) in [5.41, 5.74) is 0. The van der Waals surface area contributed by atoms with Gasteiger partial charge in [0.05, 0.1) is 6.61 Å². The molecule has 114 valence electrons. The fourth-order valence-electron chi connectivity index (χ4n) is 2.85. The van der Waals surface area contributed by atoms with Gasteiger partial charge in [-0.25, -0.2) is 0 Å². The first-order chi connectivity index (χ1) is 9.77. The van der Waals surface area contributed by atoms with Crippen LogP contribution in [0.25, 0.3) is 0 Å². The van der Waals surface area contributed by atoms with Crippen molar-refractivity contribution < 1.29 is 14.3 Å². The highest BCUT2D eigenvalue weighted by Gasteiger charge is 2.19. The lowest BCUT2D eigenvalue weighted by Crippen LogP contribution is -2.33. The van der Waals surface area contributed by atoms with Gasteiger partial charge in [-0.05, 0) is 25.7 Å². The van der Waals surface area contributed by atoms with Gasteiger partial charge in [-0.15, -0.1) is 0 Å². The van der Waals surface area contributed by atoms with Crippen molar-refractivity contribution in [3.63, 3.8) is 0 Å². The predicted octanol–water partition coefficient (Wildman–Crippen LogP) is 1.42. The first-order valence-electron chi connectivity index (χ1n) is 7.90. The molecule has 5 heteroatoms. The van der Waals surface area contributed by atoms with Crippen molar-refractivity contribution in [3.8, 4) is 0 Å². The second-order valence-corrected chi connectivity index (χ2v) is 5.64. The van der Waals surface area contributed by atoms with E-state index >= 15 is 0 Å². The van der Waals surface area contributed by atoms with Gasteiger partial charge in [0.1, 0.15) is 0 Å². The zero-order chi connectivity index (χ0) is 14.2. The maximum Gasteiger partial charge on any atom is 0.222 e. The number of likely N-dealkylation sites (tertiary alicyclic amines) is 2. The molecule has 2 fully saturated rings. The van der Waals surface area contributed by atoms with E-state index in [0.717, 1.165) is 51.7 Å². The number of carbonyl (C=O) groups is 2. The maximum atomic E-state index is 11.8. The minimum Gasteiger partial charge on any atom is -0.380 e. The maximum absolute atomic E-state index is 11.8. The van der Waals surface area contributed by atoms with E-state index in [9.17, 15) is 9.59 Å². The van der Waals surface area contributed by atoms with Gasteiger partial charge in [-0.3, -0.25) is 9.59 Å². The van der Waals surface area contributed by atoms with Crippen LogP contribution in [0.15, 0.2) is 0 Å². The molecular weight excluding hydrogens is 256 g/mol. The molecule has 2 rings (SSSR count). The summed E-state index contributed by atoms with van der Waals surface area (Å²) in [7, 11) is 0. The standard InChI is InChI=1S/C15H26N2O3/c18-14-6-2-1-3-8-17(14)11-13-20-12-5-10-16-9-4-7-15(16)19/h1-13H2. The van der Waals surface area contributed by atoms with Crippen LogP contribution in [0.1, 0.15) is 44.9 Å². The van der Waals surface area contributed by atoms with Crippen LogP contribution in [0, 0.1) is 0 Å². The number of rotatable bonds is 7. The average molecular weight is 282 g/mol. The van der Waals surface area contributed by atoms with Crippen LogP contribution in [-0.2, 0) is 14.3 Å². The lowest BCUT2D eigenvalue weighted by Gasteiger charge is -2.20. The summed E-state index contributed by atoms with van der Waals surface area (Å²) in [6.07, 6.45) is 6.58. The smallest absolute Gasteiger partial charge is 0.222 e. The summed E-state index contributed by atoms with van der Waals surface area (Å²) < 4.78 is 5.59. The van der Waals surface area contributed by atoms with Crippen molar-refractivity contribution in [1.29, 1.82) is 0 Å². The van der Waals surface area contributed by atoms with Crippen molar-refractivity contribution in [2.75, 3.05) is 39.4 Å². The molecule has 0 aromatic rings. The molecule has 2 saturated heterocycles. The Bertz CT molecular complexity index is 333. The molecule has 0 aromatic heterocycles. The molecule has 0 aromatic carbocycles. The van der Waals surface area contributed by atoms with E-state index in [-0.39, 0.29) is 11.8 Å². The molecule has 0 N–H and O–H groups in total. The highest BCUT2D eigenvalue weighted by Crippen LogP contribution is 2.11. The third-order valence-corrected chi connectivity index (χ3v) is 4.07. The van der Waals surface area contributed by atoms with E-state index in [1.54, 1.807) is 0 Å². The average Bonchev–Trinajstić information content (AvgIpc) is 2.73. The van der Waals surface area contributed by atoms with Gasteiger partial charge < -0.3 is 14.5 Å². The molecule has 0 bridgehead atoms. The molecule has 0 radical (unpaired) electrons. The zero-order valence-electron chi connectivity index (χ0n) is 12.3. The molecule has 5 nitrogen and oxygen atoms in total. The summed E-state index contributed by atoms with van der Waals surface area (Å²) in [4.78, 5) is 27.0. The number of carbonyl (C=O) groups excluding carboxylic acids is 2. The van der Waals surface area contributed by atoms with Crippen LogP contribution in [0.3, 0.4) is 0 Å². The van der Waals surface area contributed by atoms with Gasteiger partial charge in [-0.1, -0.05) is 6.42 Å². The normalized spacial score (nSPS) is 20.6. The first-order valence-corrected chi connectivity index (χ1v) is 7.90. The van der Waals surface area contributed by atoms with Crippen molar-refractivity contribution in [1.82, 2.24) is 9.80 Å². The van der Waals surface area contributed by atoms with Crippen LogP contribution < -0.4 is 0 Å². The van der Waals surface area contributed by atoms with E-state index in [1.807, 2.05) is 9.80 Å². The Morgan fingerprint density at radius 2 is 1.50 bits per heavy atom. The van der Waals surface area contributed by atoms with Gasteiger partial charge in [0, 0.05) is 45.6 Å². The molecule has 0 atom stereocenters. The van der Waals surface area contributed by atoms with Gasteiger partial charge in [0.2, 0.25) is 11.8 Å². The van der Waals surface area contributed by atoms with Crippen LogP contribution in [0.5, 0.6) is 0 Å². The Balaban J connectivity index is 1.50. The van der Waals surface area contributed by atoms with Crippen molar-refractivity contribution in [3.05, 3.63) is 0 Å². The van der Waals surface area contributed by atoms with E-state index in [2.05, 4.69) is 0 Å². The Morgan fingerprint density at radius 3 is 2.25 bits per heavy atom. The predicted molar refractivity (Wildman–Crippen MR) is 76.3 cm³/mol. The molecule has 2 heterocycles. The molecule has 0 unspecified atom stereocenters. The Morgan fingerprint density at radius 1 is 0.800 bits per heavy atom. The largest absolute Gasteiger partial charge is 0.380 e. The van der Waals surface area contributed by atoms with E-state index in [0.29, 0.717) is 32.6 Å². The minimum atomic E-state index is 0.272. The highest BCUT2D eigenvalue weighted by atomic mass is 16.5. The minimum absolute atomic E-state index is 0.272. The van der Waals surface area contributed by atoms with E-state index < -0.39 is 0 Å². The number of hydrogen-bond acceptors (Lipinski definition) is 3. The fourth-order valence-corrected chi connectivity index (χ4v) is 2.85. The van der Waals surface area contributed by atoms with E-state index in [1.165, 1.54) is 0 Å². The lowest BCUT2D eigenvalue weighted by atomic mass is 10.2. The lowest BCUT2D eigenvalue weighted by molar-refractivity contribution is -0.131. The number of hydrogen-bond donors (Lipinski definition) is 0. The third kappa shape index (κ3) is 4.78. The molecule has 0 saturated carbocycles. The Kier molecular flexibility index (Phi) is 6.30. The Hall–Kier alpha value is -1.10. The van der Waals surface area contributed by atoms with Crippen molar-refractivity contribution in [2.24, 2.45) is 0 Å². The number of nitrogens with zero attached hydrogens (tertiary/aromatic N) is 2. The molecule has 0 spiro atoms. The fraction of sp³-hybridized carbons (Fsp3) is 0.867. The molecule has 20 heavy (non-hydrogen) atoms. The zero-order valence-corrected chi connectivity index (χ0v) is 12.3. The summed E-state index contributed by atoms with van der Waals surface area (Å²) in [6, 6.07) is 0. The van der Waals surface area contributed by atoms with Gasteiger partial charge in [0.15, 0.2) is 0 Å². The number of amides is 2.